The quantitative estimate of drug-likeness (QED) is 0.650. The van der Waals surface area contributed by atoms with Crippen molar-refractivity contribution in [2.75, 3.05) is 25.2 Å². The van der Waals surface area contributed by atoms with E-state index in [2.05, 4.69) is 11.8 Å². The highest BCUT2D eigenvalue weighted by Gasteiger charge is 2.03. The van der Waals surface area contributed by atoms with Crippen LogP contribution in [0.25, 0.3) is 0 Å². The number of benzene rings is 1. The number of aliphatic hydroxyl groups is 1. The molecule has 0 bridgehead atoms. The van der Waals surface area contributed by atoms with Crippen LogP contribution in [0, 0.1) is 18.8 Å². The summed E-state index contributed by atoms with van der Waals surface area (Å²) >= 11 is 0. The zero-order valence-corrected chi connectivity index (χ0v) is 12.0. The molecule has 4 nitrogen and oxygen atoms in total. The molecule has 0 unspecified atom stereocenters. The number of aliphatic hydroxyl groups excluding tert-OH is 1. The maximum absolute atomic E-state index is 11.0. The third kappa shape index (κ3) is 6.27. The predicted molar refractivity (Wildman–Crippen MR) is 75.0 cm³/mol. The van der Waals surface area contributed by atoms with Gasteiger partial charge in [0.05, 0.1) is 12.4 Å². The summed E-state index contributed by atoms with van der Waals surface area (Å²) < 4.78 is 27.5. The lowest BCUT2D eigenvalue weighted by molar-refractivity contribution is 0.315. The Balaban J connectivity index is 2.56. The van der Waals surface area contributed by atoms with Gasteiger partial charge in [-0.25, -0.2) is 8.42 Å². The van der Waals surface area contributed by atoms with Crippen LogP contribution in [0.15, 0.2) is 18.2 Å². The SMILES string of the molecule is Cc1cc(C#CCO)ccc1OCCCS(C)(=O)=O. The van der Waals surface area contributed by atoms with E-state index in [-0.39, 0.29) is 12.4 Å². The Bertz CT molecular complexity index is 579. The number of ether oxygens (including phenoxy) is 1. The molecule has 0 saturated carbocycles. The highest BCUT2D eigenvalue weighted by Crippen LogP contribution is 2.18. The maximum atomic E-state index is 11.0. The number of sulfone groups is 1. The van der Waals surface area contributed by atoms with Gasteiger partial charge in [-0.2, -0.15) is 0 Å². The average molecular weight is 282 g/mol. The van der Waals surface area contributed by atoms with E-state index in [9.17, 15) is 8.42 Å². The number of hydrogen-bond donors (Lipinski definition) is 1. The molecule has 0 aliphatic heterocycles. The molecule has 0 heterocycles. The highest BCUT2D eigenvalue weighted by molar-refractivity contribution is 7.90. The summed E-state index contributed by atoms with van der Waals surface area (Å²) in [5.41, 5.74) is 1.75. The van der Waals surface area contributed by atoms with Crippen LogP contribution in [0.5, 0.6) is 5.75 Å². The Labute approximate surface area is 114 Å². The molecular formula is C14H18O4S. The molecule has 1 N–H and O–H groups in total. The van der Waals surface area contributed by atoms with Gasteiger partial charge < -0.3 is 9.84 Å². The molecule has 1 aromatic carbocycles. The van der Waals surface area contributed by atoms with E-state index in [1.807, 2.05) is 19.1 Å². The first kappa shape index (κ1) is 15.5. The summed E-state index contributed by atoms with van der Waals surface area (Å²) in [5.74, 6) is 6.25. The summed E-state index contributed by atoms with van der Waals surface area (Å²) in [7, 11) is -2.93. The van der Waals surface area contributed by atoms with E-state index >= 15 is 0 Å². The Hall–Kier alpha value is -1.51. The molecule has 0 fully saturated rings. The van der Waals surface area contributed by atoms with Crippen molar-refractivity contribution in [3.63, 3.8) is 0 Å². The summed E-state index contributed by atoms with van der Waals surface area (Å²) in [6, 6.07) is 5.48. The van der Waals surface area contributed by atoms with Crippen LogP contribution in [0.3, 0.4) is 0 Å². The molecule has 1 aromatic rings. The molecular weight excluding hydrogens is 264 g/mol. The minimum absolute atomic E-state index is 0.131. The van der Waals surface area contributed by atoms with Crippen molar-refractivity contribution in [2.24, 2.45) is 0 Å². The molecule has 19 heavy (non-hydrogen) atoms. The third-order valence-electron chi connectivity index (χ3n) is 2.40. The zero-order chi connectivity index (χ0) is 14.3. The summed E-state index contributed by atoms with van der Waals surface area (Å²) in [4.78, 5) is 0. The first-order chi connectivity index (χ1) is 8.92. The van der Waals surface area contributed by atoms with Crippen LogP contribution in [-0.2, 0) is 9.84 Å². The lowest BCUT2D eigenvalue weighted by atomic mass is 10.1. The van der Waals surface area contributed by atoms with Gasteiger partial charge >= 0.3 is 0 Å². The van der Waals surface area contributed by atoms with Crippen LogP contribution >= 0.6 is 0 Å². The lowest BCUT2D eigenvalue weighted by Gasteiger charge is -2.09. The van der Waals surface area contributed by atoms with Crippen LogP contribution < -0.4 is 4.74 Å². The molecule has 1 rings (SSSR count). The molecule has 0 amide bonds. The molecule has 104 valence electrons. The first-order valence-corrected chi connectivity index (χ1v) is 7.99. The van der Waals surface area contributed by atoms with E-state index < -0.39 is 9.84 Å². The normalized spacial score (nSPS) is 10.7. The van der Waals surface area contributed by atoms with Gasteiger partial charge in [0.1, 0.15) is 22.2 Å². The number of hydrogen-bond acceptors (Lipinski definition) is 4. The van der Waals surface area contributed by atoms with E-state index in [0.717, 1.165) is 16.9 Å². The molecule has 0 aromatic heterocycles. The van der Waals surface area contributed by atoms with Crippen molar-refractivity contribution in [1.29, 1.82) is 0 Å². The second-order valence-electron chi connectivity index (χ2n) is 4.27. The molecule has 0 atom stereocenters. The van der Waals surface area contributed by atoms with Gasteiger partial charge in [0.15, 0.2) is 0 Å². The fraction of sp³-hybridized carbons (Fsp3) is 0.429. The van der Waals surface area contributed by atoms with Crippen molar-refractivity contribution in [3.05, 3.63) is 29.3 Å². The van der Waals surface area contributed by atoms with E-state index in [4.69, 9.17) is 9.84 Å². The zero-order valence-electron chi connectivity index (χ0n) is 11.1. The Morgan fingerprint density at radius 1 is 1.37 bits per heavy atom. The van der Waals surface area contributed by atoms with Crippen LogP contribution in [-0.4, -0.2) is 38.7 Å². The van der Waals surface area contributed by atoms with Crippen molar-refractivity contribution in [1.82, 2.24) is 0 Å². The van der Waals surface area contributed by atoms with E-state index in [1.54, 1.807) is 6.07 Å². The largest absolute Gasteiger partial charge is 0.493 e. The lowest BCUT2D eigenvalue weighted by Crippen LogP contribution is -2.08. The maximum Gasteiger partial charge on any atom is 0.147 e. The second-order valence-corrected chi connectivity index (χ2v) is 6.53. The fourth-order valence-corrected chi connectivity index (χ4v) is 2.18. The highest BCUT2D eigenvalue weighted by atomic mass is 32.2. The molecule has 5 heteroatoms. The fourth-order valence-electron chi connectivity index (χ4n) is 1.53. The Morgan fingerprint density at radius 3 is 2.68 bits per heavy atom. The summed E-state index contributed by atoms with van der Waals surface area (Å²) in [6.45, 7) is 2.11. The van der Waals surface area contributed by atoms with Crippen molar-refractivity contribution < 1.29 is 18.3 Å². The van der Waals surface area contributed by atoms with Gasteiger partial charge in [-0.3, -0.25) is 0 Å². The van der Waals surface area contributed by atoms with Crippen molar-refractivity contribution in [3.8, 4) is 17.6 Å². The second kappa shape index (κ2) is 7.17. The molecule has 0 radical (unpaired) electrons. The van der Waals surface area contributed by atoms with Gasteiger partial charge in [-0.15, -0.1) is 0 Å². The van der Waals surface area contributed by atoms with Crippen LogP contribution in [0.2, 0.25) is 0 Å². The molecule has 0 aliphatic rings. The van der Waals surface area contributed by atoms with E-state index in [1.165, 1.54) is 6.26 Å². The van der Waals surface area contributed by atoms with Crippen LogP contribution in [0.4, 0.5) is 0 Å². The number of rotatable bonds is 5. The van der Waals surface area contributed by atoms with Gasteiger partial charge in [0.2, 0.25) is 0 Å². The van der Waals surface area contributed by atoms with Crippen molar-refractivity contribution >= 4 is 9.84 Å². The van der Waals surface area contributed by atoms with Gasteiger partial charge in [-0.05, 0) is 37.1 Å². The summed E-state index contributed by atoms with van der Waals surface area (Å²) in [6.07, 6.45) is 1.69. The third-order valence-corrected chi connectivity index (χ3v) is 3.43. The predicted octanol–water partition coefficient (Wildman–Crippen LogP) is 1.15. The minimum atomic E-state index is -2.93. The molecule has 0 saturated heterocycles. The first-order valence-electron chi connectivity index (χ1n) is 5.93. The topological polar surface area (TPSA) is 63.6 Å². The smallest absolute Gasteiger partial charge is 0.147 e. The number of aryl methyl sites for hydroxylation is 1. The van der Waals surface area contributed by atoms with Crippen molar-refractivity contribution in [2.45, 2.75) is 13.3 Å². The van der Waals surface area contributed by atoms with Gasteiger partial charge in [0.25, 0.3) is 0 Å². The monoisotopic (exact) mass is 282 g/mol. The molecule has 0 spiro atoms. The standard InChI is InChI=1S/C14H18O4S/c1-12-11-13(5-3-8-15)6-7-14(12)18-9-4-10-19(2,16)17/h6-7,11,15H,4,8-10H2,1-2H3. The molecule has 0 aliphatic carbocycles. The van der Waals surface area contributed by atoms with Crippen LogP contribution in [0.1, 0.15) is 17.5 Å². The van der Waals surface area contributed by atoms with Gasteiger partial charge in [0, 0.05) is 11.8 Å². The average Bonchev–Trinajstić information content (AvgIpc) is 2.32. The summed E-state index contributed by atoms with van der Waals surface area (Å²) in [5, 5.41) is 8.61. The Morgan fingerprint density at radius 2 is 2.11 bits per heavy atom. The van der Waals surface area contributed by atoms with Gasteiger partial charge in [-0.1, -0.05) is 11.8 Å². The Kier molecular flexibility index (Phi) is 5.87. The minimum Gasteiger partial charge on any atom is -0.493 e. The van der Waals surface area contributed by atoms with E-state index in [0.29, 0.717) is 13.0 Å².